The van der Waals surface area contributed by atoms with Crippen LogP contribution in [0.3, 0.4) is 0 Å². The molecule has 0 aromatic rings. The molecule has 54 heavy (non-hydrogen) atoms. The number of unbranched alkanes of at least 4 members (excludes halogenated alkanes) is 34. The quantitative estimate of drug-likeness (QED) is 0.0277. The van der Waals surface area contributed by atoms with E-state index >= 15 is 0 Å². The molecule has 0 aliphatic carbocycles. The van der Waals surface area contributed by atoms with Gasteiger partial charge in [0.2, 0.25) is 5.91 Å². The van der Waals surface area contributed by atoms with Crippen molar-refractivity contribution < 1.29 is 28.0 Å². The molecule has 0 bridgehead atoms. The van der Waals surface area contributed by atoms with Crippen molar-refractivity contribution in [3.05, 3.63) is 12.2 Å². The lowest BCUT2D eigenvalue weighted by atomic mass is 10.0. The first-order valence-corrected chi connectivity index (χ1v) is 25.1. The van der Waals surface area contributed by atoms with E-state index in [0.717, 1.165) is 38.5 Å². The molecule has 8 heteroatoms. The van der Waals surface area contributed by atoms with Gasteiger partial charge in [-0.1, -0.05) is 244 Å². The molecule has 0 saturated carbocycles. The minimum atomic E-state index is -4.44. The summed E-state index contributed by atoms with van der Waals surface area (Å²) in [7, 11) is -4.44. The Balaban J connectivity index is 3.88. The molecule has 4 N–H and O–H groups in total. The summed E-state index contributed by atoms with van der Waals surface area (Å²) in [5, 5.41) is 23.5. The van der Waals surface area contributed by atoms with E-state index in [0.29, 0.717) is 6.42 Å². The van der Waals surface area contributed by atoms with Gasteiger partial charge in [0, 0.05) is 0 Å². The zero-order valence-electron chi connectivity index (χ0n) is 35.7. The average molecular weight is 786 g/mol. The molecule has 3 atom stereocenters. The molecular formula is C46H91NO6S. The van der Waals surface area contributed by atoms with Crippen LogP contribution < -0.4 is 5.32 Å². The van der Waals surface area contributed by atoms with Gasteiger partial charge in [0.15, 0.2) is 0 Å². The van der Waals surface area contributed by atoms with Crippen LogP contribution in [-0.2, 0) is 14.9 Å². The van der Waals surface area contributed by atoms with E-state index in [1.54, 1.807) is 0 Å². The third kappa shape index (κ3) is 39.3. The number of hydrogen-bond donors (Lipinski definition) is 4. The third-order valence-corrected chi connectivity index (χ3v) is 11.9. The average Bonchev–Trinajstić information content (AvgIpc) is 3.14. The standard InChI is InChI=1S/C46H91NO6S/c1-3-5-7-9-11-13-15-17-19-20-21-22-23-24-25-27-29-31-33-35-37-39-41-45(49)46(50)47-43(42-54(51,52)53)44(48)40-38-36-34-32-30-28-26-18-16-14-12-10-8-6-4-2/h38,40,43-45,48-49H,3-37,39,41-42H2,1-2H3,(H,47,50)(H,51,52,53)/b40-38+. The summed E-state index contributed by atoms with van der Waals surface area (Å²) >= 11 is 0. The Morgan fingerprint density at radius 3 is 1.11 bits per heavy atom. The molecule has 0 aromatic heterocycles. The zero-order chi connectivity index (χ0) is 39.8. The van der Waals surface area contributed by atoms with Gasteiger partial charge in [0.1, 0.15) is 6.10 Å². The Morgan fingerprint density at radius 2 is 0.796 bits per heavy atom. The molecule has 3 unspecified atom stereocenters. The van der Waals surface area contributed by atoms with Crippen molar-refractivity contribution in [2.75, 3.05) is 5.75 Å². The molecule has 0 aromatic carbocycles. The van der Waals surface area contributed by atoms with E-state index in [1.807, 2.05) is 6.08 Å². The molecule has 0 aliphatic rings. The summed E-state index contributed by atoms with van der Waals surface area (Å²) in [6, 6.07) is -1.23. The third-order valence-electron chi connectivity index (χ3n) is 11.1. The van der Waals surface area contributed by atoms with Crippen LogP contribution in [0.4, 0.5) is 0 Å². The van der Waals surface area contributed by atoms with Crippen LogP contribution in [0.25, 0.3) is 0 Å². The van der Waals surface area contributed by atoms with Gasteiger partial charge in [0.05, 0.1) is 17.9 Å². The summed E-state index contributed by atoms with van der Waals surface area (Å²) < 4.78 is 32.6. The number of amides is 1. The number of carbonyl (C=O) groups is 1. The number of aliphatic hydroxyl groups excluding tert-OH is 2. The molecule has 0 radical (unpaired) electrons. The Hall–Kier alpha value is -0.960. The van der Waals surface area contributed by atoms with Gasteiger partial charge in [-0.3, -0.25) is 9.35 Å². The fourth-order valence-corrected chi connectivity index (χ4v) is 8.19. The van der Waals surface area contributed by atoms with Gasteiger partial charge in [-0.05, 0) is 19.3 Å². The van der Waals surface area contributed by atoms with Gasteiger partial charge >= 0.3 is 0 Å². The van der Waals surface area contributed by atoms with Gasteiger partial charge in [0.25, 0.3) is 10.1 Å². The molecule has 0 spiro atoms. The lowest BCUT2D eigenvalue weighted by Crippen LogP contribution is -2.50. The number of rotatable bonds is 43. The summed E-state index contributed by atoms with van der Waals surface area (Å²) in [4.78, 5) is 12.6. The minimum absolute atomic E-state index is 0.286. The monoisotopic (exact) mass is 786 g/mol. The topological polar surface area (TPSA) is 124 Å². The Kier molecular flexibility index (Phi) is 39.5. The second-order valence-corrected chi connectivity index (χ2v) is 18.0. The SMILES string of the molecule is CCCCCCCCCCCCCCC/C=C/C(O)C(CS(=O)(=O)O)NC(=O)C(O)CCCCCCCCCCCCCCCCCCCCCCCC. The van der Waals surface area contributed by atoms with Crippen LogP contribution in [0, 0.1) is 0 Å². The van der Waals surface area contributed by atoms with Crippen molar-refractivity contribution >= 4 is 16.0 Å². The fourth-order valence-electron chi connectivity index (χ4n) is 7.46. The first-order chi connectivity index (χ1) is 26.2. The molecule has 1 amide bonds. The van der Waals surface area contributed by atoms with Crippen molar-refractivity contribution in [1.82, 2.24) is 5.32 Å². The maximum Gasteiger partial charge on any atom is 0.267 e. The normalized spacial score (nSPS) is 13.8. The number of nitrogens with one attached hydrogen (secondary N) is 1. The molecule has 0 rings (SSSR count). The van der Waals surface area contributed by atoms with E-state index in [9.17, 15) is 28.0 Å². The fraction of sp³-hybridized carbons (Fsp3) is 0.935. The summed E-state index contributed by atoms with van der Waals surface area (Å²) in [6.07, 6.45) is 47.0. The van der Waals surface area contributed by atoms with Gasteiger partial charge in [-0.15, -0.1) is 0 Å². The Labute approximate surface area is 335 Å². The van der Waals surface area contributed by atoms with Crippen molar-refractivity contribution in [3.8, 4) is 0 Å². The maximum absolute atomic E-state index is 12.6. The Morgan fingerprint density at radius 1 is 0.500 bits per heavy atom. The predicted octanol–water partition coefficient (Wildman–Crippen LogP) is 13.1. The number of allylic oxidation sites excluding steroid dienone is 1. The highest BCUT2D eigenvalue weighted by atomic mass is 32.2. The first-order valence-electron chi connectivity index (χ1n) is 23.5. The van der Waals surface area contributed by atoms with Crippen LogP contribution in [0.2, 0.25) is 0 Å². The van der Waals surface area contributed by atoms with Crippen LogP contribution in [0.15, 0.2) is 12.2 Å². The molecule has 0 aliphatic heterocycles. The first kappa shape index (κ1) is 53.0. The summed E-state index contributed by atoms with van der Waals surface area (Å²) in [6.45, 7) is 4.53. The molecule has 0 heterocycles. The van der Waals surface area contributed by atoms with E-state index in [4.69, 9.17) is 0 Å². The highest BCUT2D eigenvalue weighted by molar-refractivity contribution is 7.85. The van der Waals surface area contributed by atoms with Crippen LogP contribution in [-0.4, -0.2) is 53.1 Å². The van der Waals surface area contributed by atoms with Crippen LogP contribution in [0.1, 0.15) is 251 Å². The molecular weight excluding hydrogens is 695 g/mol. The highest BCUT2D eigenvalue weighted by Crippen LogP contribution is 2.17. The van der Waals surface area contributed by atoms with E-state index in [2.05, 4.69) is 19.2 Å². The summed E-state index contributed by atoms with van der Waals surface area (Å²) in [5.74, 6) is -1.52. The van der Waals surface area contributed by atoms with E-state index in [-0.39, 0.29) is 6.42 Å². The van der Waals surface area contributed by atoms with E-state index < -0.39 is 40.0 Å². The summed E-state index contributed by atoms with van der Waals surface area (Å²) in [5.41, 5.74) is 0. The lowest BCUT2D eigenvalue weighted by Gasteiger charge is -2.22. The second-order valence-electron chi connectivity index (χ2n) is 16.5. The number of hydrogen-bond acceptors (Lipinski definition) is 5. The van der Waals surface area contributed by atoms with Crippen molar-refractivity contribution in [1.29, 1.82) is 0 Å². The number of carbonyl (C=O) groups excluding carboxylic acids is 1. The smallest absolute Gasteiger partial charge is 0.267 e. The van der Waals surface area contributed by atoms with Crippen LogP contribution >= 0.6 is 0 Å². The zero-order valence-corrected chi connectivity index (χ0v) is 36.5. The molecule has 7 nitrogen and oxygen atoms in total. The van der Waals surface area contributed by atoms with Gasteiger partial charge in [-0.25, -0.2) is 0 Å². The van der Waals surface area contributed by atoms with Crippen molar-refractivity contribution in [2.24, 2.45) is 0 Å². The van der Waals surface area contributed by atoms with Crippen molar-refractivity contribution in [2.45, 2.75) is 270 Å². The largest absolute Gasteiger partial charge is 0.387 e. The van der Waals surface area contributed by atoms with E-state index in [1.165, 1.54) is 192 Å². The predicted molar refractivity (Wildman–Crippen MR) is 232 cm³/mol. The maximum atomic E-state index is 12.6. The van der Waals surface area contributed by atoms with Gasteiger partial charge < -0.3 is 15.5 Å². The highest BCUT2D eigenvalue weighted by Gasteiger charge is 2.27. The molecule has 0 saturated heterocycles. The number of aliphatic hydroxyl groups is 2. The van der Waals surface area contributed by atoms with Crippen LogP contribution in [0.5, 0.6) is 0 Å². The van der Waals surface area contributed by atoms with Crippen molar-refractivity contribution in [3.63, 3.8) is 0 Å². The molecule has 0 fully saturated rings. The lowest BCUT2D eigenvalue weighted by molar-refractivity contribution is -0.130. The Bertz CT molecular complexity index is 926. The minimum Gasteiger partial charge on any atom is -0.387 e. The molecule has 322 valence electrons. The second kappa shape index (κ2) is 40.2. The van der Waals surface area contributed by atoms with Gasteiger partial charge in [-0.2, -0.15) is 8.42 Å².